The highest BCUT2D eigenvalue weighted by Gasteiger charge is 2.24. The summed E-state index contributed by atoms with van der Waals surface area (Å²) in [5, 5.41) is 0. The summed E-state index contributed by atoms with van der Waals surface area (Å²) < 4.78 is 5.70. The Morgan fingerprint density at radius 3 is 2.80 bits per heavy atom. The largest absolute Gasteiger partial charge is 0.365 e. The average Bonchev–Trinajstić information content (AvgIpc) is 2.15. The lowest BCUT2D eigenvalue weighted by Gasteiger charge is -2.25. The van der Waals surface area contributed by atoms with Crippen LogP contribution in [0.1, 0.15) is 32.6 Å². The molecule has 1 saturated heterocycles. The van der Waals surface area contributed by atoms with Crippen molar-refractivity contribution < 1.29 is 4.74 Å². The third-order valence-electron chi connectivity index (χ3n) is 2.11. The summed E-state index contributed by atoms with van der Waals surface area (Å²) in [7, 11) is 0. The molecule has 1 heterocycles. The van der Waals surface area contributed by atoms with Crippen molar-refractivity contribution in [3.8, 4) is 0 Å². The Labute approximate surface area is 67.5 Å². The van der Waals surface area contributed by atoms with Gasteiger partial charge in [0, 0.05) is 6.61 Å². The highest BCUT2D eigenvalue weighted by atomic mass is 32.2. The SMILES string of the molecule is CSC1(C)CCCCCO1. The third-order valence-corrected chi connectivity index (χ3v) is 3.30. The number of ether oxygens (including phenoxy) is 1. The standard InChI is InChI=1S/C8H16OS/c1-8(10-2)6-4-3-5-7-9-8/h3-7H2,1-2H3. The van der Waals surface area contributed by atoms with Gasteiger partial charge in [-0.25, -0.2) is 0 Å². The second-order valence-electron chi connectivity index (χ2n) is 3.00. The Bertz CT molecular complexity index is 95.4. The zero-order chi connectivity index (χ0) is 7.45. The second-order valence-corrected chi connectivity index (χ2v) is 4.27. The fourth-order valence-corrected chi connectivity index (χ4v) is 1.80. The Hall–Kier alpha value is 0.310. The summed E-state index contributed by atoms with van der Waals surface area (Å²) in [6, 6.07) is 0. The van der Waals surface area contributed by atoms with Crippen LogP contribution < -0.4 is 0 Å². The van der Waals surface area contributed by atoms with E-state index in [1.807, 2.05) is 11.8 Å². The molecule has 1 unspecified atom stereocenters. The molecule has 0 bridgehead atoms. The Kier molecular flexibility index (Phi) is 3.05. The van der Waals surface area contributed by atoms with Gasteiger partial charge in [0.1, 0.15) is 4.93 Å². The van der Waals surface area contributed by atoms with E-state index in [0.29, 0.717) is 0 Å². The lowest BCUT2D eigenvalue weighted by molar-refractivity contribution is 0.0448. The maximum absolute atomic E-state index is 5.70. The minimum absolute atomic E-state index is 0.122. The molecule has 1 fully saturated rings. The minimum atomic E-state index is 0.122. The Morgan fingerprint density at radius 2 is 2.10 bits per heavy atom. The summed E-state index contributed by atoms with van der Waals surface area (Å²) in [6.45, 7) is 3.15. The molecule has 0 saturated carbocycles. The van der Waals surface area contributed by atoms with Crippen molar-refractivity contribution in [2.75, 3.05) is 12.9 Å². The molecule has 0 N–H and O–H groups in total. The summed E-state index contributed by atoms with van der Waals surface area (Å²) in [5.41, 5.74) is 0. The van der Waals surface area contributed by atoms with Crippen molar-refractivity contribution in [2.24, 2.45) is 0 Å². The lowest BCUT2D eigenvalue weighted by atomic mass is 10.1. The molecule has 0 aromatic heterocycles. The van der Waals surface area contributed by atoms with Gasteiger partial charge in [-0.2, -0.15) is 0 Å². The van der Waals surface area contributed by atoms with Crippen LogP contribution in [0.2, 0.25) is 0 Å². The molecule has 0 aromatic rings. The first kappa shape index (κ1) is 8.41. The average molecular weight is 160 g/mol. The van der Waals surface area contributed by atoms with Gasteiger partial charge in [-0.1, -0.05) is 6.42 Å². The van der Waals surface area contributed by atoms with Gasteiger partial charge in [-0.3, -0.25) is 0 Å². The molecular weight excluding hydrogens is 144 g/mol. The van der Waals surface area contributed by atoms with E-state index in [9.17, 15) is 0 Å². The topological polar surface area (TPSA) is 9.23 Å². The first-order valence-corrected chi connectivity index (χ1v) is 5.18. The first-order valence-electron chi connectivity index (χ1n) is 3.96. The van der Waals surface area contributed by atoms with Crippen LogP contribution in [0.4, 0.5) is 0 Å². The smallest absolute Gasteiger partial charge is 0.110 e. The van der Waals surface area contributed by atoms with Crippen LogP contribution in [0.5, 0.6) is 0 Å². The summed E-state index contributed by atoms with van der Waals surface area (Å²) in [6.07, 6.45) is 7.27. The molecule has 0 amide bonds. The van der Waals surface area contributed by atoms with Crippen LogP contribution in [0.25, 0.3) is 0 Å². The van der Waals surface area contributed by atoms with E-state index in [4.69, 9.17) is 4.74 Å². The second kappa shape index (κ2) is 3.63. The molecule has 0 aromatic carbocycles. The van der Waals surface area contributed by atoms with E-state index in [2.05, 4.69) is 13.2 Å². The highest BCUT2D eigenvalue weighted by molar-refractivity contribution is 7.99. The van der Waals surface area contributed by atoms with E-state index in [1.54, 1.807) is 0 Å². The van der Waals surface area contributed by atoms with Gasteiger partial charge < -0.3 is 4.74 Å². The Morgan fingerprint density at radius 1 is 1.30 bits per heavy atom. The van der Waals surface area contributed by atoms with Crippen LogP contribution in [-0.4, -0.2) is 17.8 Å². The quantitative estimate of drug-likeness (QED) is 0.583. The van der Waals surface area contributed by atoms with Crippen LogP contribution in [0, 0.1) is 0 Å². The van der Waals surface area contributed by atoms with Gasteiger partial charge in [-0.05, 0) is 32.4 Å². The van der Waals surface area contributed by atoms with Crippen LogP contribution in [-0.2, 0) is 4.74 Å². The van der Waals surface area contributed by atoms with Crippen molar-refractivity contribution in [1.29, 1.82) is 0 Å². The number of hydrogen-bond donors (Lipinski definition) is 0. The van der Waals surface area contributed by atoms with Gasteiger partial charge in [0.25, 0.3) is 0 Å². The monoisotopic (exact) mass is 160 g/mol. The lowest BCUT2D eigenvalue weighted by Crippen LogP contribution is -2.22. The molecule has 2 heteroatoms. The van der Waals surface area contributed by atoms with E-state index < -0.39 is 0 Å². The molecule has 1 aliphatic heterocycles. The minimum Gasteiger partial charge on any atom is -0.365 e. The third kappa shape index (κ3) is 2.17. The number of hydrogen-bond acceptors (Lipinski definition) is 2. The molecule has 0 radical (unpaired) electrons. The van der Waals surface area contributed by atoms with Crippen LogP contribution in [0.3, 0.4) is 0 Å². The molecule has 0 aliphatic carbocycles. The normalized spacial score (nSPS) is 35.4. The van der Waals surface area contributed by atoms with E-state index in [1.165, 1.54) is 25.7 Å². The predicted octanol–water partition coefficient (Wildman–Crippen LogP) is 2.66. The highest BCUT2D eigenvalue weighted by Crippen LogP contribution is 2.32. The van der Waals surface area contributed by atoms with Crippen molar-refractivity contribution in [1.82, 2.24) is 0 Å². The van der Waals surface area contributed by atoms with Crippen LogP contribution in [0.15, 0.2) is 0 Å². The number of rotatable bonds is 1. The van der Waals surface area contributed by atoms with E-state index in [0.717, 1.165) is 6.61 Å². The fourth-order valence-electron chi connectivity index (χ4n) is 1.25. The van der Waals surface area contributed by atoms with Crippen molar-refractivity contribution in [3.63, 3.8) is 0 Å². The fraction of sp³-hybridized carbons (Fsp3) is 1.00. The van der Waals surface area contributed by atoms with Crippen LogP contribution >= 0.6 is 11.8 Å². The predicted molar refractivity (Wildman–Crippen MR) is 46.3 cm³/mol. The molecule has 10 heavy (non-hydrogen) atoms. The summed E-state index contributed by atoms with van der Waals surface area (Å²) >= 11 is 1.84. The summed E-state index contributed by atoms with van der Waals surface area (Å²) in [4.78, 5) is 0.122. The van der Waals surface area contributed by atoms with Crippen molar-refractivity contribution in [2.45, 2.75) is 37.5 Å². The van der Waals surface area contributed by atoms with Crippen molar-refractivity contribution >= 4 is 11.8 Å². The number of thioether (sulfide) groups is 1. The van der Waals surface area contributed by atoms with E-state index in [-0.39, 0.29) is 4.93 Å². The van der Waals surface area contributed by atoms with Gasteiger partial charge in [0.2, 0.25) is 0 Å². The first-order chi connectivity index (χ1) is 4.77. The van der Waals surface area contributed by atoms with Crippen molar-refractivity contribution in [3.05, 3.63) is 0 Å². The zero-order valence-corrected chi connectivity index (χ0v) is 7.67. The molecule has 1 atom stereocenters. The molecule has 0 spiro atoms. The van der Waals surface area contributed by atoms with Gasteiger partial charge in [0.15, 0.2) is 0 Å². The zero-order valence-electron chi connectivity index (χ0n) is 6.85. The Balaban J connectivity index is 2.41. The molecule has 60 valence electrons. The van der Waals surface area contributed by atoms with Gasteiger partial charge >= 0.3 is 0 Å². The molecule has 1 aliphatic rings. The van der Waals surface area contributed by atoms with Gasteiger partial charge in [-0.15, -0.1) is 11.8 Å². The molecule has 1 rings (SSSR count). The maximum atomic E-state index is 5.70. The molecular formula is C8H16OS. The molecule has 1 nitrogen and oxygen atoms in total. The summed E-state index contributed by atoms with van der Waals surface area (Å²) in [5.74, 6) is 0. The van der Waals surface area contributed by atoms with E-state index >= 15 is 0 Å². The van der Waals surface area contributed by atoms with Gasteiger partial charge in [0.05, 0.1) is 0 Å². The maximum Gasteiger partial charge on any atom is 0.110 e.